The van der Waals surface area contributed by atoms with Gasteiger partial charge in [0.1, 0.15) is 6.04 Å². The van der Waals surface area contributed by atoms with Gasteiger partial charge < -0.3 is 9.47 Å². The van der Waals surface area contributed by atoms with E-state index < -0.39 is 23.3 Å². The van der Waals surface area contributed by atoms with E-state index in [2.05, 4.69) is 0 Å². The van der Waals surface area contributed by atoms with Crippen LogP contribution in [0.5, 0.6) is 0 Å². The van der Waals surface area contributed by atoms with Gasteiger partial charge in [-0.05, 0) is 32.8 Å². The van der Waals surface area contributed by atoms with Crippen molar-refractivity contribution in [2.75, 3.05) is 13.1 Å². The maximum absolute atomic E-state index is 12.7. The number of pyridine rings is 1. The Morgan fingerprint density at radius 3 is 2.29 bits per heavy atom. The molecule has 0 bridgehead atoms. The normalized spacial score (nSPS) is 17.1. The van der Waals surface area contributed by atoms with Crippen LogP contribution in [0.4, 0.5) is 13.2 Å². The number of amides is 1. The van der Waals surface area contributed by atoms with Crippen molar-refractivity contribution in [3.8, 4) is 0 Å². The molecule has 0 N–H and O–H groups in total. The molecule has 4 nitrogen and oxygen atoms in total. The highest BCUT2D eigenvalue weighted by Crippen LogP contribution is 2.29. The third kappa shape index (κ3) is 3.11. The zero-order valence-corrected chi connectivity index (χ0v) is 11.9. The van der Waals surface area contributed by atoms with Crippen LogP contribution in [0.25, 0.3) is 0 Å². The van der Waals surface area contributed by atoms with Crippen molar-refractivity contribution in [1.82, 2.24) is 9.47 Å². The molecule has 1 fully saturated rings. The van der Waals surface area contributed by atoms with Crippen LogP contribution in [-0.4, -0.2) is 28.5 Å². The molecular formula is C14H17F3N2O2. The summed E-state index contributed by atoms with van der Waals surface area (Å²) in [4.78, 5) is 25.9. The molecule has 1 aliphatic heterocycles. The van der Waals surface area contributed by atoms with Crippen LogP contribution < -0.4 is 5.56 Å². The van der Waals surface area contributed by atoms with Gasteiger partial charge in [-0.15, -0.1) is 0 Å². The van der Waals surface area contributed by atoms with Crippen molar-refractivity contribution in [3.63, 3.8) is 0 Å². The van der Waals surface area contributed by atoms with Crippen molar-refractivity contribution in [2.45, 2.75) is 38.9 Å². The Kier molecular flexibility index (Phi) is 4.11. The third-order valence-electron chi connectivity index (χ3n) is 3.75. The molecule has 1 amide bonds. The lowest BCUT2D eigenvalue weighted by Gasteiger charge is -2.24. The first-order valence-corrected chi connectivity index (χ1v) is 6.81. The Hall–Kier alpha value is -1.79. The van der Waals surface area contributed by atoms with Gasteiger partial charge in [0.05, 0.1) is 5.56 Å². The number of likely N-dealkylation sites (tertiary alicyclic amines) is 1. The summed E-state index contributed by atoms with van der Waals surface area (Å²) < 4.78 is 39.1. The average molecular weight is 302 g/mol. The molecular weight excluding hydrogens is 285 g/mol. The lowest BCUT2D eigenvalue weighted by Crippen LogP contribution is -2.38. The highest BCUT2D eigenvalue weighted by molar-refractivity contribution is 5.80. The van der Waals surface area contributed by atoms with Crippen molar-refractivity contribution in [2.24, 2.45) is 0 Å². The van der Waals surface area contributed by atoms with E-state index in [4.69, 9.17) is 0 Å². The van der Waals surface area contributed by atoms with Crippen LogP contribution in [0.3, 0.4) is 0 Å². The summed E-state index contributed by atoms with van der Waals surface area (Å²) in [5, 5.41) is 0. The number of aryl methyl sites for hydroxylation is 1. The van der Waals surface area contributed by atoms with Gasteiger partial charge in [0.15, 0.2) is 0 Å². The third-order valence-corrected chi connectivity index (χ3v) is 3.75. The van der Waals surface area contributed by atoms with Gasteiger partial charge in [0.25, 0.3) is 5.56 Å². The Labute approximate surface area is 120 Å². The largest absolute Gasteiger partial charge is 0.416 e. The number of nitrogens with zero attached hydrogens (tertiary/aromatic N) is 2. The van der Waals surface area contributed by atoms with Crippen LogP contribution in [0.1, 0.15) is 37.1 Å². The smallest absolute Gasteiger partial charge is 0.341 e. The molecule has 0 radical (unpaired) electrons. The van der Waals surface area contributed by atoms with Gasteiger partial charge in [-0.1, -0.05) is 0 Å². The quantitative estimate of drug-likeness (QED) is 0.841. The minimum absolute atomic E-state index is 0.134. The second-order valence-electron chi connectivity index (χ2n) is 5.30. The van der Waals surface area contributed by atoms with Crippen molar-refractivity contribution in [1.29, 1.82) is 0 Å². The summed E-state index contributed by atoms with van der Waals surface area (Å²) in [6.45, 7) is 4.22. The lowest BCUT2D eigenvalue weighted by atomic mass is 10.2. The first-order chi connectivity index (χ1) is 9.71. The molecule has 1 aromatic rings. The molecule has 2 heterocycles. The van der Waals surface area contributed by atoms with Gasteiger partial charge in [0, 0.05) is 24.8 Å². The molecule has 21 heavy (non-hydrogen) atoms. The molecule has 1 saturated heterocycles. The monoisotopic (exact) mass is 302 g/mol. The van der Waals surface area contributed by atoms with Crippen molar-refractivity contribution in [3.05, 3.63) is 33.7 Å². The van der Waals surface area contributed by atoms with Gasteiger partial charge >= 0.3 is 6.18 Å². The number of aromatic nitrogens is 1. The maximum Gasteiger partial charge on any atom is 0.416 e. The molecule has 0 aromatic carbocycles. The number of carbonyl (C=O) groups is 1. The molecule has 0 unspecified atom stereocenters. The zero-order chi connectivity index (χ0) is 15.8. The van der Waals surface area contributed by atoms with E-state index in [0.29, 0.717) is 19.2 Å². The maximum atomic E-state index is 12.7. The zero-order valence-electron chi connectivity index (χ0n) is 11.9. The SMILES string of the molecule is Cc1cc(C(F)(F)F)cc(=O)n1[C@H](C)C(=O)N1CCCC1. The fourth-order valence-electron chi connectivity index (χ4n) is 2.68. The Morgan fingerprint density at radius 2 is 1.81 bits per heavy atom. The Morgan fingerprint density at radius 1 is 1.24 bits per heavy atom. The van der Waals surface area contributed by atoms with Crippen molar-refractivity contribution < 1.29 is 18.0 Å². The van der Waals surface area contributed by atoms with E-state index in [0.717, 1.165) is 23.5 Å². The number of hydrogen-bond acceptors (Lipinski definition) is 2. The first-order valence-electron chi connectivity index (χ1n) is 6.81. The Bertz CT molecular complexity index is 601. The van der Waals surface area contributed by atoms with Crippen LogP contribution >= 0.6 is 0 Å². The number of alkyl halides is 3. The first kappa shape index (κ1) is 15.6. The molecule has 2 rings (SSSR count). The Balaban J connectivity index is 2.35. The van der Waals surface area contributed by atoms with E-state index >= 15 is 0 Å². The topological polar surface area (TPSA) is 42.3 Å². The highest BCUT2D eigenvalue weighted by atomic mass is 19.4. The van der Waals surface area contributed by atoms with E-state index in [-0.39, 0.29) is 11.6 Å². The van der Waals surface area contributed by atoms with E-state index in [9.17, 15) is 22.8 Å². The second kappa shape index (κ2) is 5.54. The highest BCUT2D eigenvalue weighted by Gasteiger charge is 2.33. The van der Waals surface area contributed by atoms with Gasteiger partial charge in [0.2, 0.25) is 5.91 Å². The number of carbonyl (C=O) groups excluding carboxylic acids is 1. The summed E-state index contributed by atoms with van der Waals surface area (Å²) in [5.41, 5.74) is -1.65. The molecule has 1 aliphatic rings. The van der Waals surface area contributed by atoms with Crippen LogP contribution in [0, 0.1) is 6.92 Å². The second-order valence-corrected chi connectivity index (χ2v) is 5.30. The van der Waals surface area contributed by atoms with Crippen molar-refractivity contribution >= 4 is 5.91 Å². The summed E-state index contributed by atoms with van der Waals surface area (Å²) in [6.07, 6.45) is -2.73. The summed E-state index contributed by atoms with van der Waals surface area (Å²) in [5.74, 6) is -0.225. The van der Waals surface area contributed by atoms with Gasteiger partial charge in [-0.25, -0.2) is 0 Å². The fourth-order valence-corrected chi connectivity index (χ4v) is 2.68. The fraction of sp³-hybridized carbons (Fsp3) is 0.571. The number of halogens is 3. The number of hydrogen-bond donors (Lipinski definition) is 0. The minimum Gasteiger partial charge on any atom is -0.341 e. The minimum atomic E-state index is -4.56. The molecule has 7 heteroatoms. The van der Waals surface area contributed by atoms with Crippen LogP contribution in [-0.2, 0) is 11.0 Å². The van der Waals surface area contributed by atoms with Gasteiger partial charge in [-0.3, -0.25) is 9.59 Å². The van der Waals surface area contributed by atoms with Gasteiger partial charge in [-0.2, -0.15) is 13.2 Å². The van der Waals surface area contributed by atoms with E-state index in [1.165, 1.54) is 6.92 Å². The van der Waals surface area contributed by atoms with Crippen LogP contribution in [0.15, 0.2) is 16.9 Å². The molecule has 116 valence electrons. The standard InChI is InChI=1S/C14H17F3N2O2/c1-9-7-11(14(15,16)17)8-12(20)19(9)10(2)13(21)18-5-3-4-6-18/h7-8,10H,3-6H2,1-2H3/t10-/m1/s1. The lowest BCUT2D eigenvalue weighted by molar-refractivity contribution is -0.137. The molecule has 0 saturated carbocycles. The van der Waals surface area contributed by atoms with E-state index in [1.807, 2.05) is 0 Å². The van der Waals surface area contributed by atoms with E-state index in [1.54, 1.807) is 11.8 Å². The molecule has 1 aromatic heterocycles. The summed E-state index contributed by atoms with van der Waals surface area (Å²) in [6, 6.07) is 0.647. The molecule has 1 atom stereocenters. The summed E-state index contributed by atoms with van der Waals surface area (Å²) in [7, 11) is 0. The summed E-state index contributed by atoms with van der Waals surface area (Å²) >= 11 is 0. The number of rotatable bonds is 2. The predicted molar refractivity (Wildman–Crippen MR) is 71.0 cm³/mol. The average Bonchev–Trinajstić information content (AvgIpc) is 2.89. The van der Waals surface area contributed by atoms with Crippen LogP contribution in [0.2, 0.25) is 0 Å². The molecule has 0 spiro atoms. The molecule has 0 aliphatic carbocycles. The predicted octanol–water partition coefficient (Wildman–Crippen LogP) is 2.36.